The number of fused-ring (bicyclic) bond motifs is 2. The number of imidazole rings is 1. The van der Waals surface area contributed by atoms with Crippen LogP contribution in [0.4, 0.5) is 13.2 Å². The molecule has 9 nitrogen and oxygen atoms in total. The molecule has 37 heavy (non-hydrogen) atoms. The van der Waals surface area contributed by atoms with Crippen molar-refractivity contribution in [2.45, 2.75) is 31.5 Å². The lowest BCUT2D eigenvalue weighted by Gasteiger charge is -2.29. The second kappa shape index (κ2) is 8.36. The molecular formula is C25H21F3N4O5. The van der Waals surface area contributed by atoms with Gasteiger partial charge in [-0.15, -0.1) is 0 Å². The van der Waals surface area contributed by atoms with Crippen LogP contribution in [0.15, 0.2) is 57.0 Å². The zero-order valence-electron chi connectivity index (χ0n) is 19.7. The van der Waals surface area contributed by atoms with Gasteiger partial charge in [0.2, 0.25) is 0 Å². The summed E-state index contributed by atoms with van der Waals surface area (Å²) in [7, 11) is 3.12. The van der Waals surface area contributed by atoms with Crippen LogP contribution in [0.5, 0.6) is 0 Å². The molecule has 1 N–H and O–H groups in total. The Morgan fingerprint density at radius 2 is 1.70 bits per heavy atom. The SMILES string of the molecule is Cn1c(=O)n(C)c2cc(-n3cc(C(=O)O)c(=O)n([C@H]4CCCc5c4cccc5C(F)(F)F)c3=O)ccc21. The number of aromatic nitrogens is 4. The molecule has 0 saturated carbocycles. The van der Waals surface area contributed by atoms with Crippen molar-refractivity contribution in [1.82, 2.24) is 18.3 Å². The fraction of sp³-hybridized carbons (Fsp3) is 0.280. The average Bonchev–Trinajstić information content (AvgIpc) is 3.06. The highest BCUT2D eigenvalue weighted by Gasteiger charge is 2.37. The second-order valence-electron chi connectivity index (χ2n) is 9.03. The predicted molar refractivity (Wildman–Crippen MR) is 127 cm³/mol. The maximum absolute atomic E-state index is 13.7. The lowest BCUT2D eigenvalue weighted by Crippen LogP contribution is -2.45. The van der Waals surface area contributed by atoms with E-state index in [4.69, 9.17) is 0 Å². The van der Waals surface area contributed by atoms with E-state index in [1.54, 1.807) is 13.1 Å². The number of aromatic carboxylic acids is 1. The van der Waals surface area contributed by atoms with Crippen molar-refractivity contribution in [2.75, 3.05) is 0 Å². The maximum Gasteiger partial charge on any atom is 0.416 e. The Labute approximate surface area is 206 Å². The smallest absolute Gasteiger partial charge is 0.416 e. The van der Waals surface area contributed by atoms with Crippen molar-refractivity contribution in [3.05, 3.63) is 96.2 Å². The van der Waals surface area contributed by atoms with Crippen LogP contribution in [0.1, 0.15) is 45.9 Å². The zero-order chi connectivity index (χ0) is 26.8. The summed E-state index contributed by atoms with van der Waals surface area (Å²) in [6.45, 7) is 0. The van der Waals surface area contributed by atoms with Crippen LogP contribution >= 0.6 is 0 Å². The van der Waals surface area contributed by atoms with Crippen LogP contribution in [0.3, 0.4) is 0 Å². The van der Waals surface area contributed by atoms with Crippen molar-refractivity contribution in [1.29, 1.82) is 0 Å². The van der Waals surface area contributed by atoms with Gasteiger partial charge >= 0.3 is 23.5 Å². The highest BCUT2D eigenvalue weighted by molar-refractivity contribution is 5.87. The number of halogens is 3. The van der Waals surface area contributed by atoms with Gasteiger partial charge in [0.15, 0.2) is 0 Å². The van der Waals surface area contributed by atoms with E-state index in [0.29, 0.717) is 11.0 Å². The number of nitrogens with zero attached hydrogens (tertiary/aromatic N) is 4. The van der Waals surface area contributed by atoms with Crippen LogP contribution in [-0.4, -0.2) is 29.3 Å². The van der Waals surface area contributed by atoms with Gasteiger partial charge in [-0.3, -0.25) is 23.1 Å². The van der Waals surface area contributed by atoms with E-state index >= 15 is 0 Å². The summed E-state index contributed by atoms with van der Waals surface area (Å²) in [4.78, 5) is 51.2. The van der Waals surface area contributed by atoms with Gasteiger partial charge in [-0.2, -0.15) is 13.2 Å². The fourth-order valence-electron chi connectivity index (χ4n) is 5.18. The number of aryl methyl sites for hydroxylation is 2. The first-order valence-electron chi connectivity index (χ1n) is 11.4. The van der Waals surface area contributed by atoms with Crippen LogP contribution in [0.2, 0.25) is 0 Å². The van der Waals surface area contributed by atoms with Gasteiger partial charge in [0, 0.05) is 20.3 Å². The Morgan fingerprint density at radius 3 is 2.38 bits per heavy atom. The van der Waals surface area contributed by atoms with Crippen LogP contribution in [0.25, 0.3) is 16.7 Å². The van der Waals surface area contributed by atoms with E-state index in [9.17, 15) is 37.5 Å². The van der Waals surface area contributed by atoms with Gasteiger partial charge in [0.1, 0.15) is 5.56 Å². The Morgan fingerprint density at radius 1 is 1.00 bits per heavy atom. The molecule has 0 aliphatic heterocycles. The molecule has 0 fully saturated rings. The van der Waals surface area contributed by atoms with Crippen molar-refractivity contribution in [3.8, 4) is 5.69 Å². The zero-order valence-corrected chi connectivity index (χ0v) is 19.7. The van der Waals surface area contributed by atoms with Crippen molar-refractivity contribution < 1.29 is 23.1 Å². The minimum atomic E-state index is -4.62. The standard InChI is InChI=1S/C25H21F3N4O5/c1-29-19-10-9-13(11-20(19)30(2)23(29)36)31-12-16(22(34)35)21(33)32(24(31)37)18-8-4-5-14-15(18)6-3-7-17(14)25(26,27)28/h3,6-7,9-12,18H,4-5,8H2,1-2H3,(H,34,35)/t18-/m0/s1. The number of alkyl halides is 3. The summed E-state index contributed by atoms with van der Waals surface area (Å²) < 4.78 is 45.5. The number of hydrogen-bond acceptors (Lipinski definition) is 4. The molecule has 12 heteroatoms. The lowest BCUT2D eigenvalue weighted by molar-refractivity contribution is -0.138. The summed E-state index contributed by atoms with van der Waals surface area (Å²) in [6, 6.07) is 7.12. The third-order valence-corrected chi connectivity index (χ3v) is 6.98. The van der Waals surface area contributed by atoms with E-state index in [1.165, 1.54) is 40.4 Å². The summed E-state index contributed by atoms with van der Waals surface area (Å²) in [5, 5.41) is 9.73. The van der Waals surface area contributed by atoms with Crippen molar-refractivity contribution in [3.63, 3.8) is 0 Å². The van der Waals surface area contributed by atoms with Crippen LogP contribution in [0, 0.1) is 0 Å². The maximum atomic E-state index is 13.7. The quantitative estimate of drug-likeness (QED) is 0.453. The molecular weight excluding hydrogens is 493 g/mol. The molecule has 2 aromatic carbocycles. The number of benzene rings is 2. The second-order valence-corrected chi connectivity index (χ2v) is 9.03. The van der Waals surface area contributed by atoms with Gasteiger partial charge in [-0.1, -0.05) is 12.1 Å². The molecule has 0 amide bonds. The van der Waals surface area contributed by atoms with E-state index in [0.717, 1.165) is 21.4 Å². The first-order valence-corrected chi connectivity index (χ1v) is 11.4. The molecule has 1 atom stereocenters. The Bertz CT molecular complexity index is 1770. The van der Waals surface area contributed by atoms with E-state index < -0.39 is 40.6 Å². The minimum absolute atomic E-state index is 0.00877. The van der Waals surface area contributed by atoms with Gasteiger partial charge < -0.3 is 5.11 Å². The molecule has 192 valence electrons. The average molecular weight is 514 g/mol. The molecule has 1 aliphatic rings. The van der Waals surface area contributed by atoms with E-state index in [1.807, 2.05) is 0 Å². The normalized spacial score (nSPS) is 15.6. The molecule has 0 radical (unpaired) electrons. The summed E-state index contributed by atoms with van der Waals surface area (Å²) >= 11 is 0. The lowest BCUT2D eigenvalue weighted by atomic mass is 9.84. The van der Waals surface area contributed by atoms with E-state index in [-0.39, 0.29) is 41.8 Å². The number of rotatable bonds is 3. The van der Waals surface area contributed by atoms with Gasteiger partial charge in [0.05, 0.1) is 28.3 Å². The van der Waals surface area contributed by atoms with Gasteiger partial charge in [-0.25, -0.2) is 14.4 Å². The first-order chi connectivity index (χ1) is 17.4. The van der Waals surface area contributed by atoms with Gasteiger partial charge in [-0.05, 0) is 54.7 Å². The Kier molecular flexibility index (Phi) is 5.50. The molecule has 0 bridgehead atoms. The van der Waals surface area contributed by atoms with Crippen LogP contribution in [-0.2, 0) is 26.7 Å². The minimum Gasteiger partial charge on any atom is -0.477 e. The molecule has 2 aromatic heterocycles. The molecule has 4 aromatic rings. The fourth-order valence-corrected chi connectivity index (χ4v) is 5.18. The molecule has 0 saturated heterocycles. The number of carbonyl (C=O) groups is 1. The molecule has 2 heterocycles. The van der Waals surface area contributed by atoms with Gasteiger partial charge in [0.25, 0.3) is 5.56 Å². The first kappa shape index (κ1) is 24.3. The predicted octanol–water partition coefficient (Wildman–Crippen LogP) is 2.83. The number of hydrogen-bond donors (Lipinski definition) is 1. The monoisotopic (exact) mass is 514 g/mol. The summed E-state index contributed by atoms with van der Waals surface area (Å²) in [5.41, 5.74) is -2.48. The Balaban J connectivity index is 1.79. The van der Waals surface area contributed by atoms with Crippen molar-refractivity contribution in [2.24, 2.45) is 14.1 Å². The number of carboxylic acids is 1. The molecule has 1 aliphatic carbocycles. The Hall–Kier alpha value is -4.35. The topological polar surface area (TPSA) is 108 Å². The highest BCUT2D eigenvalue weighted by Crippen LogP contribution is 2.40. The van der Waals surface area contributed by atoms with Crippen LogP contribution < -0.4 is 16.9 Å². The summed E-state index contributed by atoms with van der Waals surface area (Å²) in [5.74, 6) is -1.58. The largest absolute Gasteiger partial charge is 0.477 e. The third kappa shape index (κ3) is 3.71. The van der Waals surface area contributed by atoms with Crippen molar-refractivity contribution >= 4 is 17.0 Å². The number of carboxylic acid groups (broad SMARTS) is 1. The highest BCUT2D eigenvalue weighted by atomic mass is 19.4. The molecule has 0 spiro atoms. The third-order valence-electron chi connectivity index (χ3n) is 6.98. The summed E-state index contributed by atoms with van der Waals surface area (Å²) in [6.07, 6.45) is -3.16. The molecule has 0 unspecified atom stereocenters. The molecule has 5 rings (SSSR count). The van der Waals surface area contributed by atoms with E-state index in [2.05, 4.69) is 0 Å².